The summed E-state index contributed by atoms with van der Waals surface area (Å²) in [4.78, 5) is 3.63. The van der Waals surface area contributed by atoms with Crippen molar-refractivity contribution < 1.29 is 31.2 Å². The highest BCUT2D eigenvalue weighted by molar-refractivity contribution is 7.91. The van der Waals surface area contributed by atoms with Gasteiger partial charge in [-0.3, -0.25) is 4.90 Å². The summed E-state index contributed by atoms with van der Waals surface area (Å²) in [5.41, 5.74) is 0.911. The average Bonchev–Trinajstić information content (AvgIpc) is 3.24. The van der Waals surface area contributed by atoms with E-state index in [2.05, 4.69) is 9.68 Å². The minimum Gasteiger partial charge on any atom is -0.378 e. The lowest BCUT2D eigenvalue weighted by Gasteiger charge is -2.46. The molecule has 2 aromatic rings. The van der Waals surface area contributed by atoms with Crippen LogP contribution in [0.5, 0.6) is 0 Å². The van der Waals surface area contributed by atoms with Crippen LogP contribution < -0.4 is 4.90 Å². The normalized spacial score (nSPS) is 24.3. The van der Waals surface area contributed by atoms with Gasteiger partial charge in [0.1, 0.15) is 16.1 Å². The van der Waals surface area contributed by atoms with Gasteiger partial charge in [0.15, 0.2) is 5.82 Å². The van der Waals surface area contributed by atoms with E-state index >= 15 is 0 Å². The maximum atomic E-state index is 12.9. The molecule has 0 spiro atoms. The largest absolute Gasteiger partial charge is 0.452 e. The minimum absolute atomic E-state index is 0.0594. The number of hydrogen-bond acceptors (Lipinski definition) is 7. The predicted octanol–water partition coefficient (Wildman–Crippen LogP) is 2.70. The molecule has 1 aromatic carbocycles. The highest BCUT2D eigenvalue weighted by Gasteiger charge is 2.40. The fourth-order valence-electron chi connectivity index (χ4n) is 4.32. The molecule has 1 N–H and O–H groups in total. The number of aromatic nitrogens is 1. The maximum absolute atomic E-state index is 12.9. The molecular formula is C20H24F3N3O4S. The minimum atomic E-state index is -4.61. The van der Waals surface area contributed by atoms with Crippen LogP contribution in [-0.4, -0.2) is 60.9 Å². The third kappa shape index (κ3) is 4.88. The molecule has 0 saturated carbocycles. The van der Waals surface area contributed by atoms with E-state index in [4.69, 9.17) is 0 Å². The molecule has 1 aromatic heterocycles. The summed E-state index contributed by atoms with van der Waals surface area (Å²) in [6.45, 7) is 1.06. The van der Waals surface area contributed by atoms with E-state index in [0.717, 1.165) is 11.6 Å². The van der Waals surface area contributed by atoms with Gasteiger partial charge in [-0.2, -0.15) is 13.2 Å². The number of aliphatic hydroxyl groups excluding tert-OH is 1. The van der Waals surface area contributed by atoms with Crippen LogP contribution in [0.25, 0.3) is 0 Å². The van der Waals surface area contributed by atoms with Crippen molar-refractivity contribution >= 4 is 15.7 Å². The van der Waals surface area contributed by atoms with Crippen LogP contribution in [0.1, 0.15) is 30.2 Å². The highest BCUT2D eigenvalue weighted by atomic mass is 32.2. The SMILES string of the molecule is O=S1(=O)CCC(C(O)N2CCN(c3cc(C(F)(F)F)on3)CC2c2ccccc2)CC1. The van der Waals surface area contributed by atoms with Crippen molar-refractivity contribution in [2.45, 2.75) is 31.3 Å². The van der Waals surface area contributed by atoms with Crippen LogP contribution >= 0.6 is 0 Å². The Morgan fingerprint density at radius 2 is 1.81 bits per heavy atom. The summed E-state index contributed by atoms with van der Waals surface area (Å²) < 4.78 is 66.7. The van der Waals surface area contributed by atoms with Gasteiger partial charge in [-0.05, 0) is 18.4 Å². The molecule has 2 atom stereocenters. The van der Waals surface area contributed by atoms with Gasteiger partial charge < -0.3 is 14.5 Å². The zero-order valence-electron chi connectivity index (χ0n) is 16.7. The number of halogens is 3. The molecule has 2 saturated heterocycles. The Morgan fingerprint density at radius 3 is 2.42 bits per heavy atom. The van der Waals surface area contributed by atoms with Gasteiger partial charge in [0.05, 0.1) is 17.5 Å². The Bertz CT molecular complexity index is 983. The maximum Gasteiger partial charge on any atom is 0.452 e. The summed E-state index contributed by atoms with van der Waals surface area (Å²) in [7, 11) is -3.05. The highest BCUT2D eigenvalue weighted by Crippen LogP contribution is 2.36. The first-order valence-corrected chi connectivity index (χ1v) is 11.9. The van der Waals surface area contributed by atoms with Crippen LogP contribution in [0, 0.1) is 5.92 Å². The van der Waals surface area contributed by atoms with Crippen molar-refractivity contribution in [2.75, 3.05) is 36.0 Å². The van der Waals surface area contributed by atoms with E-state index < -0.39 is 28.0 Å². The van der Waals surface area contributed by atoms with Gasteiger partial charge in [0.25, 0.3) is 0 Å². The Balaban J connectivity index is 1.55. The van der Waals surface area contributed by atoms with Crippen LogP contribution in [-0.2, 0) is 16.0 Å². The second-order valence-corrected chi connectivity index (χ2v) is 10.4. The predicted molar refractivity (Wildman–Crippen MR) is 107 cm³/mol. The van der Waals surface area contributed by atoms with Crippen LogP contribution in [0.15, 0.2) is 40.9 Å². The van der Waals surface area contributed by atoms with Crippen molar-refractivity contribution in [2.24, 2.45) is 5.92 Å². The van der Waals surface area contributed by atoms with Crippen molar-refractivity contribution in [1.82, 2.24) is 10.1 Å². The summed E-state index contributed by atoms with van der Waals surface area (Å²) in [5.74, 6) is -1.10. The number of piperazine rings is 1. The lowest BCUT2D eigenvalue weighted by Crippen LogP contribution is -2.55. The van der Waals surface area contributed by atoms with Crippen molar-refractivity contribution in [3.8, 4) is 0 Å². The molecular weight excluding hydrogens is 435 g/mol. The molecule has 31 heavy (non-hydrogen) atoms. The third-order valence-corrected chi connectivity index (χ3v) is 7.78. The van der Waals surface area contributed by atoms with Crippen LogP contribution in [0.2, 0.25) is 0 Å². The van der Waals surface area contributed by atoms with E-state index in [1.54, 1.807) is 4.90 Å². The standard InChI is InChI=1S/C20H24F3N3O4S/c21-20(22,23)17-12-18(24-30-17)25-8-9-26(16(13-25)14-4-2-1-3-5-14)19(27)15-6-10-31(28,29)11-7-15/h1-5,12,15-16,19,27H,6-11,13H2. The molecule has 11 heteroatoms. The zero-order chi connectivity index (χ0) is 22.2. The molecule has 0 aliphatic carbocycles. The molecule has 2 fully saturated rings. The number of hydrogen-bond donors (Lipinski definition) is 1. The topological polar surface area (TPSA) is 86.9 Å². The van der Waals surface area contributed by atoms with Gasteiger partial charge in [-0.25, -0.2) is 8.42 Å². The van der Waals surface area contributed by atoms with Gasteiger partial charge in [-0.1, -0.05) is 35.5 Å². The molecule has 2 aliphatic heterocycles. The number of nitrogens with zero attached hydrogens (tertiary/aromatic N) is 3. The quantitative estimate of drug-likeness (QED) is 0.752. The van der Waals surface area contributed by atoms with Crippen LogP contribution in [0.3, 0.4) is 0 Å². The van der Waals surface area contributed by atoms with E-state index in [1.165, 1.54) is 0 Å². The summed E-state index contributed by atoms with van der Waals surface area (Å²) in [6.07, 6.45) is -4.66. The second-order valence-electron chi connectivity index (χ2n) is 8.06. The second kappa shape index (κ2) is 8.44. The number of alkyl halides is 3. The number of rotatable bonds is 4. The zero-order valence-corrected chi connectivity index (χ0v) is 17.5. The number of sulfone groups is 1. The lowest BCUT2D eigenvalue weighted by atomic mass is 9.95. The number of benzene rings is 1. The molecule has 0 amide bonds. The van der Waals surface area contributed by atoms with Crippen LogP contribution in [0.4, 0.5) is 19.0 Å². The fourth-order valence-corrected chi connectivity index (χ4v) is 5.85. The lowest BCUT2D eigenvalue weighted by molar-refractivity contribution is -0.155. The monoisotopic (exact) mass is 459 g/mol. The third-order valence-electron chi connectivity index (χ3n) is 6.07. The molecule has 2 unspecified atom stereocenters. The first-order valence-electron chi connectivity index (χ1n) is 10.1. The van der Waals surface area contributed by atoms with Crippen molar-refractivity contribution in [3.63, 3.8) is 0 Å². The summed E-state index contributed by atoms with van der Waals surface area (Å²) in [5, 5.41) is 14.7. The first-order chi connectivity index (χ1) is 14.6. The smallest absolute Gasteiger partial charge is 0.378 e. The number of anilines is 1. The molecule has 4 rings (SSSR count). The average molecular weight is 459 g/mol. The molecule has 3 heterocycles. The Labute approximate surface area is 178 Å². The first kappa shape index (κ1) is 22.1. The van der Waals surface area contributed by atoms with E-state index in [0.29, 0.717) is 32.5 Å². The Morgan fingerprint density at radius 1 is 1.13 bits per heavy atom. The Kier molecular flexibility index (Phi) is 6.01. The van der Waals surface area contributed by atoms with Gasteiger partial charge in [0, 0.05) is 31.6 Å². The molecule has 0 bridgehead atoms. The summed E-state index contributed by atoms with van der Waals surface area (Å²) in [6, 6.07) is 10.00. The van der Waals surface area contributed by atoms with Gasteiger partial charge >= 0.3 is 6.18 Å². The van der Waals surface area contributed by atoms with Gasteiger partial charge in [0.2, 0.25) is 5.76 Å². The fraction of sp³-hybridized carbons (Fsp3) is 0.550. The molecule has 2 aliphatic rings. The van der Waals surface area contributed by atoms with E-state index in [9.17, 15) is 26.7 Å². The van der Waals surface area contributed by atoms with Crippen molar-refractivity contribution in [3.05, 3.63) is 47.7 Å². The molecule has 170 valence electrons. The van der Waals surface area contributed by atoms with Crippen molar-refractivity contribution in [1.29, 1.82) is 0 Å². The summed E-state index contributed by atoms with van der Waals surface area (Å²) >= 11 is 0. The molecule has 7 nitrogen and oxygen atoms in total. The van der Waals surface area contributed by atoms with E-state index in [-0.39, 0.29) is 29.3 Å². The van der Waals surface area contributed by atoms with E-state index in [1.807, 2.05) is 35.2 Å². The van der Waals surface area contributed by atoms with Gasteiger partial charge in [-0.15, -0.1) is 0 Å². The Hall–Kier alpha value is -2.11. The number of aliphatic hydroxyl groups is 1. The molecule has 0 radical (unpaired) electrons.